The molecule has 1 aromatic heterocycles. The van der Waals surface area contributed by atoms with E-state index in [1.807, 2.05) is 18.4 Å². The summed E-state index contributed by atoms with van der Waals surface area (Å²) in [7, 11) is 1.53. The maximum atomic E-state index is 12.3. The largest absolute Gasteiger partial charge is 0.496 e. The zero-order valence-corrected chi connectivity index (χ0v) is 16.7. The van der Waals surface area contributed by atoms with Gasteiger partial charge in [0, 0.05) is 26.2 Å². The lowest BCUT2D eigenvalue weighted by atomic mass is 10.1. The zero-order valence-electron chi connectivity index (χ0n) is 15.8. The summed E-state index contributed by atoms with van der Waals surface area (Å²) in [4.78, 5) is 40.9. The van der Waals surface area contributed by atoms with Gasteiger partial charge in [-0.15, -0.1) is 11.3 Å². The Bertz CT molecular complexity index is 857. The normalized spacial score (nSPS) is 13.9. The average molecular weight is 402 g/mol. The molecule has 2 heterocycles. The fourth-order valence-corrected chi connectivity index (χ4v) is 3.65. The number of methoxy groups -OCH3 is 1. The molecule has 0 saturated carbocycles. The van der Waals surface area contributed by atoms with Crippen LogP contribution < -0.4 is 4.74 Å². The number of piperazine rings is 1. The van der Waals surface area contributed by atoms with Gasteiger partial charge in [-0.2, -0.15) is 0 Å². The van der Waals surface area contributed by atoms with Gasteiger partial charge in [-0.3, -0.25) is 9.59 Å². The Kier molecular flexibility index (Phi) is 6.30. The molecule has 1 saturated heterocycles. The van der Waals surface area contributed by atoms with E-state index < -0.39 is 5.97 Å². The summed E-state index contributed by atoms with van der Waals surface area (Å²) >= 11 is 1.41. The lowest BCUT2D eigenvalue weighted by Gasteiger charge is -2.34. The second kappa shape index (κ2) is 8.88. The molecular weight excluding hydrogens is 380 g/mol. The monoisotopic (exact) mass is 402 g/mol. The molecule has 0 bridgehead atoms. The molecular formula is C20H22N2O5S. The average Bonchev–Trinajstić information content (AvgIpc) is 3.26. The summed E-state index contributed by atoms with van der Waals surface area (Å²) in [5.74, 6) is -0.261. The van der Waals surface area contributed by atoms with E-state index in [2.05, 4.69) is 0 Å². The number of hydrogen-bond acceptors (Lipinski definition) is 6. The van der Waals surface area contributed by atoms with E-state index >= 15 is 0 Å². The van der Waals surface area contributed by atoms with Gasteiger partial charge in [0.05, 0.1) is 17.6 Å². The highest BCUT2D eigenvalue weighted by Crippen LogP contribution is 2.19. The molecule has 0 aliphatic carbocycles. The van der Waals surface area contributed by atoms with Crippen molar-refractivity contribution in [3.05, 3.63) is 51.7 Å². The minimum atomic E-state index is -0.571. The van der Waals surface area contributed by atoms with E-state index in [1.54, 1.807) is 34.1 Å². The minimum Gasteiger partial charge on any atom is -0.496 e. The van der Waals surface area contributed by atoms with Gasteiger partial charge in [0.15, 0.2) is 6.61 Å². The summed E-state index contributed by atoms with van der Waals surface area (Å²) < 4.78 is 10.3. The Morgan fingerprint density at radius 2 is 1.79 bits per heavy atom. The standard InChI is InChI=1S/C20H22N2O5S/c1-14-5-6-15(12-16(14)26-2)20(25)27-13-18(23)21-7-9-22(10-8-21)19(24)17-4-3-11-28-17/h3-6,11-12H,7-10,13H2,1-2H3. The fourth-order valence-electron chi connectivity index (χ4n) is 2.96. The molecule has 2 amide bonds. The molecule has 0 spiro atoms. The number of carbonyl (C=O) groups excluding carboxylic acids is 3. The maximum Gasteiger partial charge on any atom is 0.338 e. The van der Waals surface area contributed by atoms with E-state index in [0.717, 1.165) is 5.56 Å². The molecule has 0 atom stereocenters. The molecule has 1 aliphatic heterocycles. The Morgan fingerprint density at radius 3 is 2.43 bits per heavy atom. The van der Waals surface area contributed by atoms with Gasteiger partial charge in [-0.25, -0.2) is 4.79 Å². The molecule has 1 aromatic carbocycles. The maximum absolute atomic E-state index is 12.3. The van der Waals surface area contributed by atoms with Crippen LogP contribution in [0, 0.1) is 6.92 Å². The van der Waals surface area contributed by atoms with Gasteiger partial charge in [-0.05, 0) is 36.1 Å². The Labute approximate surface area is 167 Å². The van der Waals surface area contributed by atoms with Gasteiger partial charge in [0.25, 0.3) is 11.8 Å². The van der Waals surface area contributed by atoms with Crippen LogP contribution in [0.4, 0.5) is 0 Å². The van der Waals surface area contributed by atoms with Crippen LogP contribution in [0.3, 0.4) is 0 Å². The molecule has 1 aliphatic rings. The number of nitrogens with zero attached hydrogens (tertiary/aromatic N) is 2. The molecule has 148 valence electrons. The van der Waals surface area contributed by atoms with Crippen LogP contribution in [0.15, 0.2) is 35.7 Å². The third-order valence-corrected chi connectivity index (χ3v) is 5.48. The quantitative estimate of drug-likeness (QED) is 0.717. The lowest BCUT2D eigenvalue weighted by molar-refractivity contribution is -0.136. The highest BCUT2D eigenvalue weighted by molar-refractivity contribution is 7.12. The number of thiophene rings is 1. The van der Waals surface area contributed by atoms with Crippen molar-refractivity contribution in [3.8, 4) is 5.75 Å². The first kappa shape index (κ1) is 19.9. The van der Waals surface area contributed by atoms with Crippen LogP contribution in [0.1, 0.15) is 25.6 Å². The molecule has 7 nitrogen and oxygen atoms in total. The highest BCUT2D eigenvalue weighted by atomic mass is 32.1. The van der Waals surface area contributed by atoms with Crippen LogP contribution >= 0.6 is 11.3 Å². The van der Waals surface area contributed by atoms with Crippen molar-refractivity contribution >= 4 is 29.1 Å². The zero-order chi connectivity index (χ0) is 20.1. The van der Waals surface area contributed by atoms with Crippen molar-refractivity contribution < 1.29 is 23.9 Å². The van der Waals surface area contributed by atoms with Crippen LogP contribution in [0.5, 0.6) is 5.75 Å². The predicted molar refractivity (Wildman–Crippen MR) is 105 cm³/mol. The van der Waals surface area contributed by atoms with E-state index in [0.29, 0.717) is 42.4 Å². The lowest BCUT2D eigenvalue weighted by Crippen LogP contribution is -2.51. The molecule has 8 heteroatoms. The first-order valence-electron chi connectivity index (χ1n) is 8.92. The second-order valence-corrected chi connectivity index (χ2v) is 7.36. The first-order chi connectivity index (χ1) is 13.5. The summed E-state index contributed by atoms with van der Waals surface area (Å²) in [6.45, 7) is 3.32. The number of amides is 2. The first-order valence-corrected chi connectivity index (χ1v) is 9.80. The number of carbonyl (C=O) groups is 3. The molecule has 0 unspecified atom stereocenters. The number of benzene rings is 1. The van der Waals surface area contributed by atoms with Gasteiger partial charge >= 0.3 is 5.97 Å². The molecule has 3 rings (SSSR count). The Hall–Kier alpha value is -2.87. The molecule has 28 heavy (non-hydrogen) atoms. The molecule has 1 fully saturated rings. The van der Waals surface area contributed by atoms with Crippen molar-refractivity contribution in [2.45, 2.75) is 6.92 Å². The number of esters is 1. The van der Waals surface area contributed by atoms with Gasteiger partial charge in [0.1, 0.15) is 5.75 Å². The molecule has 2 aromatic rings. The van der Waals surface area contributed by atoms with Gasteiger partial charge < -0.3 is 19.3 Å². The topological polar surface area (TPSA) is 76.2 Å². The second-order valence-electron chi connectivity index (χ2n) is 6.41. The number of hydrogen-bond donors (Lipinski definition) is 0. The molecule has 0 N–H and O–H groups in total. The van der Waals surface area contributed by atoms with Crippen molar-refractivity contribution in [3.63, 3.8) is 0 Å². The number of aryl methyl sites for hydroxylation is 1. The van der Waals surface area contributed by atoms with E-state index in [9.17, 15) is 14.4 Å². The SMILES string of the molecule is COc1cc(C(=O)OCC(=O)N2CCN(C(=O)c3cccs3)CC2)ccc1C. The summed E-state index contributed by atoms with van der Waals surface area (Å²) in [5, 5.41) is 1.87. The van der Waals surface area contributed by atoms with Crippen molar-refractivity contribution in [1.82, 2.24) is 9.80 Å². The fraction of sp³-hybridized carbons (Fsp3) is 0.350. The van der Waals surface area contributed by atoms with Gasteiger partial charge in [-0.1, -0.05) is 12.1 Å². The third-order valence-electron chi connectivity index (χ3n) is 4.62. The highest BCUT2D eigenvalue weighted by Gasteiger charge is 2.26. The summed E-state index contributed by atoms with van der Waals surface area (Å²) in [6.07, 6.45) is 0. The minimum absolute atomic E-state index is 0.0122. The summed E-state index contributed by atoms with van der Waals surface area (Å²) in [5.41, 5.74) is 1.24. The van der Waals surface area contributed by atoms with Crippen LogP contribution in [0.2, 0.25) is 0 Å². The molecule has 0 radical (unpaired) electrons. The van der Waals surface area contributed by atoms with Crippen molar-refractivity contribution in [2.24, 2.45) is 0 Å². The number of rotatable bonds is 5. The smallest absolute Gasteiger partial charge is 0.338 e. The predicted octanol–water partition coefficient (Wildman–Crippen LogP) is 2.21. The van der Waals surface area contributed by atoms with Crippen molar-refractivity contribution in [1.29, 1.82) is 0 Å². The summed E-state index contributed by atoms with van der Waals surface area (Å²) in [6, 6.07) is 8.64. The van der Waals surface area contributed by atoms with Crippen LogP contribution in [-0.2, 0) is 9.53 Å². The Balaban J connectivity index is 1.48. The van der Waals surface area contributed by atoms with Crippen LogP contribution in [0.25, 0.3) is 0 Å². The van der Waals surface area contributed by atoms with E-state index in [-0.39, 0.29) is 18.4 Å². The van der Waals surface area contributed by atoms with Gasteiger partial charge in [0.2, 0.25) is 0 Å². The van der Waals surface area contributed by atoms with E-state index in [4.69, 9.17) is 9.47 Å². The third kappa shape index (κ3) is 4.51. The van der Waals surface area contributed by atoms with Crippen molar-refractivity contribution in [2.75, 3.05) is 39.9 Å². The Morgan fingerprint density at radius 1 is 1.07 bits per heavy atom. The number of ether oxygens (including phenoxy) is 2. The van der Waals surface area contributed by atoms with E-state index in [1.165, 1.54) is 18.4 Å². The van der Waals surface area contributed by atoms with Crippen LogP contribution in [-0.4, -0.2) is 67.5 Å².